The van der Waals surface area contributed by atoms with Crippen LogP contribution in [0.3, 0.4) is 0 Å². The Morgan fingerprint density at radius 2 is 2.15 bits per heavy atom. The summed E-state index contributed by atoms with van der Waals surface area (Å²) in [6.45, 7) is 6.28. The van der Waals surface area contributed by atoms with Gasteiger partial charge >= 0.3 is 0 Å². The van der Waals surface area contributed by atoms with Gasteiger partial charge in [0.05, 0.1) is 3.57 Å². The highest BCUT2D eigenvalue weighted by Crippen LogP contribution is 2.21. The average Bonchev–Trinajstić information content (AvgIpc) is 2.48. The van der Waals surface area contributed by atoms with Crippen molar-refractivity contribution in [3.8, 4) is 5.75 Å². The molecule has 1 aliphatic heterocycles. The monoisotopic (exact) mass is 388 g/mol. The van der Waals surface area contributed by atoms with E-state index in [1.165, 1.54) is 6.07 Å². The smallest absolute Gasteiger partial charge is 0.251 e. The van der Waals surface area contributed by atoms with Crippen molar-refractivity contribution in [1.82, 2.24) is 10.2 Å². The van der Waals surface area contributed by atoms with Gasteiger partial charge in [-0.3, -0.25) is 4.79 Å². The van der Waals surface area contributed by atoms with Gasteiger partial charge in [-0.25, -0.2) is 0 Å². The van der Waals surface area contributed by atoms with Gasteiger partial charge in [0.25, 0.3) is 5.91 Å². The first-order valence-corrected chi connectivity index (χ1v) is 8.17. The van der Waals surface area contributed by atoms with Crippen LogP contribution in [0.15, 0.2) is 18.2 Å². The summed E-state index contributed by atoms with van der Waals surface area (Å²) in [7, 11) is 0. The number of nitrogens with zero attached hydrogens (tertiary/aromatic N) is 1. The first-order chi connectivity index (χ1) is 9.60. The van der Waals surface area contributed by atoms with Crippen molar-refractivity contribution in [3.05, 3.63) is 27.3 Å². The average molecular weight is 388 g/mol. The Labute approximate surface area is 133 Å². The minimum Gasteiger partial charge on any atom is -0.507 e. The fourth-order valence-corrected chi connectivity index (χ4v) is 2.84. The van der Waals surface area contributed by atoms with E-state index in [0.29, 0.717) is 11.5 Å². The number of amides is 1. The van der Waals surface area contributed by atoms with Crippen molar-refractivity contribution < 1.29 is 9.90 Å². The van der Waals surface area contributed by atoms with Crippen LogP contribution in [0.4, 0.5) is 0 Å². The minimum atomic E-state index is -0.102. The number of nitrogens with one attached hydrogen (secondary N) is 1. The molecule has 0 atom stereocenters. The molecule has 1 aromatic carbocycles. The van der Waals surface area contributed by atoms with Crippen LogP contribution in [0.1, 0.15) is 30.1 Å². The van der Waals surface area contributed by atoms with Gasteiger partial charge in [0.15, 0.2) is 0 Å². The van der Waals surface area contributed by atoms with Gasteiger partial charge in [-0.2, -0.15) is 0 Å². The van der Waals surface area contributed by atoms with Gasteiger partial charge in [-0.05, 0) is 79.2 Å². The SMILES string of the molecule is CCN1CCC(CNC(=O)c2ccc(I)c(O)c2)CC1. The molecule has 0 aliphatic carbocycles. The second-order valence-electron chi connectivity index (χ2n) is 5.25. The van der Waals surface area contributed by atoms with Crippen LogP contribution in [-0.4, -0.2) is 42.1 Å². The van der Waals surface area contributed by atoms with E-state index in [1.54, 1.807) is 12.1 Å². The number of phenolic OH excluding ortho intramolecular Hbond substituents is 1. The molecular weight excluding hydrogens is 367 g/mol. The molecule has 1 aromatic rings. The highest BCUT2D eigenvalue weighted by Gasteiger charge is 2.18. The molecule has 0 bridgehead atoms. The minimum absolute atomic E-state index is 0.102. The molecule has 4 nitrogen and oxygen atoms in total. The van der Waals surface area contributed by atoms with Gasteiger partial charge in [-0.15, -0.1) is 0 Å². The number of benzene rings is 1. The summed E-state index contributed by atoms with van der Waals surface area (Å²) >= 11 is 2.04. The summed E-state index contributed by atoms with van der Waals surface area (Å²) in [6.07, 6.45) is 2.29. The van der Waals surface area contributed by atoms with Gasteiger partial charge < -0.3 is 15.3 Å². The van der Waals surface area contributed by atoms with E-state index in [2.05, 4.69) is 17.1 Å². The zero-order valence-corrected chi connectivity index (χ0v) is 13.9. The summed E-state index contributed by atoms with van der Waals surface area (Å²) in [5.41, 5.74) is 0.522. The molecule has 20 heavy (non-hydrogen) atoms. The number of phenols is 1. The summed E-state index contributed by atoms with van der Waals surface area (Å²) in [5.74, 6) is 0.628. The third-order valence-corrected chi connectivity index (χ3v) is 4.83. The zero-order valence-electron chi connectivity index (χ0n) is 11.7. The number of aromatic hydroxyl groups is 1. The maximum atomic E-state index is 12.0. The number of rotatable bonds is 4. The number of carbonyl (C=O) groups is 1. The van der Waals surface area contributed by atoms with E-state index >= 15 is 0 Å². The fourth-order valence-electron chi connectivity index (χ4n) is 2.50. The number of hydrogen-bond donors (Lipinski definition) is 2. The summed E-state index contributed by atoms with van der Waals surface area (Å²) < 4.78 is 0.756. The molecule has 0 radical (unpaired) electrons. The molecule has 0 unspecified atom stereocenters. The number of hydrogen-bond acceptors (Lipinski definition) is 3. The molecule has 1 amide bonds. The molecule has 0 aromatic heterocycles. The number of halogens is 1. The molecule has 5 heteroatoms. The first kappa shape index (κ1) is 15.6. The third-order valence-electron chi connectivity index (χ3n) is 3.91. The molecule has 1 saturated heterocycles. The van der Waals surface area contributed by atoms with E-state index in [-0.39, 0.29) is 11.7 Å². The quantitative estimate of drug-likeness (QED) is 0.780. The maximum Gasteiger partial charge on any atom is 0.251 e. The zero-order chi connectivity index (χ0) is 14.5. The Morgan fingerprint density at radius 3 is 2.75 bits per heavy atom. The van der Waals surface area contributed by atoms with E-state index in [4.69, 9.17) is 0 Å². The molecule has 1 heterocycles. The van der Waals surface area contributed by atoms with Gasteiger partial charge in [-0.1, -0.05) is 6.92 Å². The van der Waals surface area contributed by atoms with E-state index < -0.39 is 0 Å². The number of likely N-dealkylation sites (tertiary alicyclic amines) is 1. The van der Waals surface area contributed by atoms with Crippen molar-refractivity contribution >= 4 is 28.5 Å². The summed E-state index contributed by atoms with van der Waals surface area (Å²) in [6, 6.07) is 5.03. The lowest BCUT2D eigenvalue weighted by Crippen LogP contribution is -2.38. The fraction of sp³-hybridized carbons (Fsp3) is 0.533. The molecule has 1 fully saturated rings. The van der Waals surface area contributed by atoms with Crippen molar-refractivity contribution in [2.75, 3.05) is 26.2 Å². The van der Waals surface area contributed by atoms with Gasteiger partial charge in [0.2, 0.25) is 0 Å². The van der Waals surface area contributed by atoms with E-state index in [0.717, 1.165) is 42.6 Å². The Kier molecular flexibility index (Phi) is 5.65. The lowest BCUT2D eigenvalue weighted by molar-refractivity contribution is 0.0936. The Hall–Kier alpha value is -0.820. The highest BCUT2D eigenvalue weighted by molar-refractivity contribution is 14.1. The Morgan fingerprint density at radius 1 is 1.45 bits per heavy atom. The second-order valence-corrected chi connectivity index (χ2v) is 6.42. The Bertz CT molecular complexity index is 471. The van der Waals surface area contributed by atoms with Crippen LogP contribution in [-0.2, 0) is 0 Å². The maximum absolute atomic E-state index is 12.0. The van der Waals surface area contributed by atoms with Crippen molar-refractivity contribution in [1.29, 1.82) is 0 Å². The van der Waals surface area contributed by atoms with Crippen LogP contribution in [0.2, 0.25) is 0 Å². The molecule has 2 rings (SSSR count). The van der Waals surface area contributed by atoms with Gasteiger partial charge in [0.1, 0.15) is 5.75 Å². The predicted molar refractivity (Wildman–Crippen MR) is 88.0 cm³/mol. The van der Waals surface area contributed by atoms with E-state index in [9.17, 15) is 9.90 Å². The first-order valence-electron chi connectivity index (χ1n) is 7.09. The number of carbonyl (C=O) groups excluding carboxylic acids is 1. The van der Waals surface area contributed by atoms with Crippen LogP contribution in [0.25, 0.3) is 0 Å². The van der Waals surface area contributed by atoms with Crippen molar-refractivity contribution in [2.45, 2.75) is 19.8 Å². The lowest BCUT2D eigenvalue weighted by atomic mass is 9.97. The second kappa shape index (κ2) is 7.26. The molecule has 0 saturated carbocycles. The molecule has 0 spiro atoms. The molecular formula is C15H21IN2O2. The largest absolute Gasteiger partial charge is 0.507 e. The van der Waals surface area contributed by atoms with Crippen LogP contribution >= 0.6 is 22.6 Å². The predicted octanol–water partition coefficient (Wildman–Crippen LogP) is 2.46. The Balaban J connectivity index is 1.82. The molecule has 2 N–H and O–H groups in total. The van der Waals surface area contributed by atoms with Gasteiger partial charge in [0, 0.05) is 12.1 Å². The van der Waals surface area contributed by atoms with Crippen LogP contribution in [0.5, 0.6) is 5.75 Å². The van der Waals surface area contributed by atoms with Crippen LogP contribution in [0, 0.1) is 9.49 Å². The van der Waals surface area contributed by atoms with Crippen molar-refractivity contribution in [3.63, 3.8) is 0 Å². The normalized spacial score (nSPS) is 17.1. The van der Waals surface area contributed by atoms with Crippen LogP contribution < -0.4 is 5.32 Å². The van der Waals surface area contributed by atoms with Crippen molar-refractivity contribution in [2.24, 2.45) is 5.92 Å². The topological polar surface area (TPSA) is 52.6 Å². The standard InChI is InChI=1S/C15H21IN2O2/c1-2-18-7-5-11(6-8-18)10-17-15(20)12-3-4-13(16)14(19)9-12/h3-4,9,11,19H,2,5-8,10H2,1H3,(H,17,20). The molecule has 1 aliphatic rings. The summed E-state index contributed by atoms with van der Waals surface area (Å²) in [5, 5.41) is 12.6. The third kappa shape index (κ3) is 4.09. The highest BCUT2D eigenvalue weighted by atomic mass is 127. The molecule has 110 valence electrons. The number of piperidine rings is 1. The van der Waals surface area contributed by atoms with E-state index in [1.807, 2.05) is 22.6 Å². The summed E-state index contributed by atoms with van der Waals surface area (Å²) in [4.78, 5) is 14.5. The lowest BCUT2D eigenvalue weighted by Gasteiger charge is -2.31.